The average Bonchev–Trinajstić information content (AvgIpc) is 2.69. The van der Waals surface area contributed by atoms with Gasteiger partial charge in [0.05, 0.1) is 82.2 Å². The zero-order chi connectivity index (χ0) is 59.4. The highest BCUT2D eigenvalue weighted by Gasteiger charge is 2.58. The van der Waals surface area contributed by atoms with Gasteiger partial charge >= 0.3 is 6.09 Å². The summed E-state index contributed by atoms with van der Waals surface area (Å²) in [6, 6.07) is 18.3. The Hall–Kier alpha value is -8.57. The maximum Gasteiger partial charge on any atom is 0.416 e. The van der Waals surface area contributed by atoms with Gasteiger partial charge in [0, 0.05) is 50.1 Å². The molecule has 1 saturated carbocycles. The minimum atomic E-state index is -1.47. The molecule has 6 aliphatic rings. The van der Waals surface area contributed by atoms with Gasteiger partial charge in [-0.05, 0) is 103 Å². The van der Waals surface area contributed by atoms with Crippen LogP contribution in [0.4, 0.5) is 21.9 Å². The second kappa shape index (κ2) is 25.1. The van der Waals surface area contributed by atoms with Gasteiger partial charge in [0.15, 0.2) is 29.2 Å². The molecule has 1 spiro atoms. The number of carbonyl (C=O) groups is 7. The number of carbonyl (C=O) groups excluding carboxylic acids is 7. The minimum Gasteiger partial charge on any atom is -0.497 e. The minimum absolute atomic E-state index is 0.0812. The van der Waals surface area contributed by atoms with Crippen LogP contribution >= 0.6 is 0 Å². The Kier molecular flexibility index (Phi) is 17.5. The Bertz CT molecular complexity index is 3210. The highest BCUT2D eigenvalue weighted by Crippen LogP contribution is 2.57. The van der Waals surface area contributed by atoms with E-state index in [4.69, 9.17) is 34.2 Å². The fraction of sp³-hybridized carbons (Fsp3) is 0.459. The molecule has 4 aromatic rings. The molecule has 0 aromatic heterocycles. The predicted molar refractivity (Wildman–Crippen MR) is 309 cm³/mol. The third kappa shape index (κ3) is 12.2. The molecule has 7 N–H and O–H groups in total. The molecule has 0 radical (unpaired) electrons. The van der Waals surface area contributed by atoms with Gasteiger partial charge in [-0.1, -0.05) is 44.5 Å². The first-order valence-corrected chi connectivity index (χ1v) is 28.6. The first kappa shape index (κ1) is 58.6. The topological polar surface area (TPSA) is 282 Å². The number of hydrogen-bond acceptors (Lipinski definition) is 16. The van der Waals surface area contributed by atoms with E-state index in [0.29, 0.717) is 92.2 Å². The summed E-state index contributed by atoms with van der Waals surface area (Å²) in [6.07, 6.45) is 4.44. The summed E-state index contributed by atoms with van der Waals surface area (Å²) in [4.78, 5) is 101. The van der Waals surface area contributed by atoms with Crippen LogP contribution in [-0.2, 0) is 30.5 Å². The molecular weight excluding hydrogens is 1080 g/mol. The molecule has 2 saturated heterocycles. The van der Waals surface area contributed by atoms with E-state index in [1.165, 1.54) is 31.3 Å². The first-order chi connectivity index (χ1) is 40.6. The first-order valence-electron chi connectivity index (χ1n) is 28.6. The molecule has 1 aliphatic carbocycles. The third-order valence-electron chi connectivity index (χ3n) is 16.9. The highest BCUT2D eigenvalue weighted by molar-refractivity contribution is 6.06. The molecule has 6 atom stereocenters. The van der Waals surface area contributed by atoms with E-state index >= 15 is 0 Å². The van der Waals surface area contributed by atoms with E-state index < -0.39 is 54.1 Å². The number of likely N-dealkylation sites (tertiary alicyclic amines) is 1. The molecule has 5 heterocycles. The smallest absolute Gasteiger partial charge is 0.416 e. The summed E-state index contributed by atoms with van der Waals surface area (Å²) in [6.45, 7) is 4.52. The molecule has 446 valence electrons. The summed E-state index contributed by atoms with van der Waals surface area (Å²) in [5.41, 5.74) is 9.54. The maximum absolute atomic E-state index is 14.5. The van der Waals surface area contributed by atoms with Crippen molar-refractivity contribution in [3.8, 4) is 28.7 Å². The fourth-order valence-electron chi connectivity index (χ4n) is 11.8. The second-order valence-corrected chi connectivity index (χ2v) is 22.3. The van der Waals surface area contributed by atoms with Crippen molar-refractivity contribution in [3.05, 3.63) is 101 Å². The van der Waals surface area contributed by atoms with E-state index in [1.54, 1.807) is 53.3 Å². The van der Waals surface area contributed by atoms with Crippen LogP contribution in [-0.4, -0.2) is 159 Å². The van der Waals surface area contributed by atoms with E-state index in [0.717, 1.165) is 34.6 Å². The maximum atomic E-state index is 14.5. The van der Waals surface area contributed by atoms with Crippen molar-refractivity contribution in [1.82, 2.24) is 25.3 Å². The molecular formula is C61H73N9O14. The van der Waals surface area contributed by atoms with Crippen LogP contribution in [0.3, 0.4) is 0 Å². The Morgan fingerprint density at radius 2 is 1.57 bits per heavy atom. The Labute approximate surface area is 487 Å². The lowest BCUT2D eigenvalue weighted by Gasteiger charge is -2.31. The number of rotatable bonds is 21. The lowest BCUT2D eigenvalue weighted by Crippen LogP contribution is -2.55. The molecule has 10 rings (SSSR count). The average molecular weight is 1160 g/mol. The largest absolute Gasteiger partial charge is 0.497 e. The highest BCUT2D eigenvalue weighted by atomic mass is 16.6. The second-order valence-electron chi connectivity index (χ2n) is 22.3. The summed E-state index contributed by atoms with van der Waals surface area (Å²) >= 11 is 0. The summed E-state index contributed by atoms with van der Waals surface area (Å²) in [7, 11) is 4.59. The van der Waals surface area contributed by atoms with Gasteiger partial charge in [0.2, 0.25) is 23.6 Å². The van der Waals surface area contributed by atoms with E-state index in [2.05, 4.69) is 21.3 Å². The summed E-state index contributed by atoms with van der Waals surface area (Å²) in [5.74, 6) is -0.627. The molecule has 3 fully saturated rings. The number of nitrogens with two attached hydrogens (primary N) is 1. The number of benzene rings is 4. The van der Waals surface area contributed by atoms with Crippen molar-refractivity contribution in [3.63, 3.8) is 0 Å². The summed E-state index contributed by atoms with van der Waals surface area (Å²) in [5, 5.41) is 23.8. The van der Waals surface area contributed by atoms with Crippen molar-refractivity contribution in [2.24, 2.45) is 17.1 Å². The van der Waals surface area contributed by atoms with Gasteiger partial charge in [-0.15, -0.1) is 0 Å². The van der Waals surface area contributed by atoms with Crippen LogP contribution in [0.5, 0.6) is 28.7 Å². The van der Waals surface area contributed by atoms with Gasteiger partial charge < -0.3 is 75.2 Å². The Morgan fingerprint density at radius 3 is 2.24 bits per heavy atom. The lowest BCUT2D eigenvalue weighted by atomic mass is 9.97. The number of fused-ring (bicyclic) bond motifs is 4. The zero-order valence-corrected chi connectivity index (χ0v) is 47.9. The van der Waals surface area contributed by atoms with Crippen LogP contribution in [0.2, 0.25) is 0 Å². The predicted octanol–water partition coefficient (Wildman–Crippen LogP) is 5.25. The molecule has 4 aromatic carbocycles. The zero-order valence-electron chi connectivity index (χ0n) is 47.9. The number of nitrogens with zero attached hydrogens (tertiary/aromatic N) is 4. The molecule has 84 heavy (non-hydrogen) atoms. The van der Waals surface area contributed by atoms with Gasteiger partial charge in [-0.2, -0.15) is 0 Å². The number of aliphatic hydroxyl groups is 1. The third-order valence-corrected chi connectivity index (χ3v) is 16.9. The Balaban J connectivity index is 0.781. The molecule has 0 bridgehead atoms. The van der Waals surface area contributed by atoms with Crippen molar-refractivity contribution < 1.29 is 67.1 Å². The van der Waals surface area contributed by atoms with Crippen LogP contribution in [0.25, 0.3) is 5.57 Å². The molecule has 23 heteroatoms. The monoisotopic (exact) mass is 1160 g/mol. The quantitative estimate of drug-likeness (QED) is 0.0582. The number of methoxy groups -OCH3 is 3. The molecule has 1 unspecified atom stereocenters. The number of hydrogen-bond donors (Lipinski definition) is 6. The standard InChI is InChI=1S/C61H73N9O14/c1-6-35(2)54(66-55(73)45-9-7-20-67(45)53(72)31-64-52(71)29-62)56(74)65-39-14-10-36(11-15-39)33-84-60(78)70-46-27-51(49(81-5)25-43(46)58(76)69-34-61(18-19-61)28-47(69)59(70)77)83-22-8-21-82-50-26-44-42(24-48(50)80-4)57(75)68-32-38(23-40(68)30-63-44)37-12-16-41(79-3)17-13-37/h10-17,24-27,32,35,40,45,47,54,59,63,77H,6-9,18-23,28-31,33-34,62H2,1-5H3,(H,64,71)(H,65,74)(H,66,73)/t35-,40-,45-,47-,54-,59?/m0/s1. The van der Waals surface area contributed by atoms with Crippen LogP contribution in [0, 0.1) is 11.3 Å². The lowest BCUT2D eigenvalue weighted by molar-refractivity contribution is -0.139. The van der Waals surface area contributed by atoms with E-state index in [9.17, 15) is 38.7 Å². The summed E-state index contributed by atoms with van der Waals surface area (Å²) < 4.78 is 35.2. The number of aliphatic hydroxyl groups excluding tert-OH is 1. The van der Waals surface area contributed by atoms with Crippen LogP contribution in [0.15, 0.2) is 79.0 Å². The van der Waals surface area contributed by atoms with Crippen molar-refractivity contribution >= 4 is 64.2 Å². The number of ether oxygens (including phenoxy) is 6. The normalized spacial score (nSPS) is 20.6. The van der Waals surface area contributed by atoms with Crippen molar-refractivity contribution in [2.45, 2.75) is 102 Å². The molecule has 23 nitrogen and oxygen atoms in total. The van der Waals surface area contributed by atoms with Gasteiger partial charge in [-0.3, -0.25) is 28.8 Å². The van der Waals surface area contributed by atoms with Crippen LogP contribution < -0.4 is 55.6 Å². The SMILES string of the molecule is CC[C@H](C)[C@H](NC(=O)[C@@H]1CCCN1C(=O)CNC(=O)CN)C(=O)Nc1ccc(COC(=O)N2c3cc(OCCCOc4cc5c(cc4OC)C(=O)N4C=C(c6ccc(OC)cc6)C[C@H]4CN5)c(OC)cc3C(=O)N3CC4(CC4)C[C@H]3C2O)cc1. The number of anilines is 3. The van der Waals surface area contributed by atoms with Crippen LogP contribution in [0.1, 0.15) is 97.1 Å². The molecule has 7 amide bonds. The fourth-order valence-corrected chi connectivity index (χ4v) is 11.8. The van der Waals surface area contributed by atoms with Crippen molar-refractivity contribution in [1.29, 1.82) is 0 Å². The molecule has 5 aliphatic heterocycles. The van der Waals surface area contributed by atoms with Gasteiger partial charge in [-0.25, -0.2) is 9.69 Å². The van der Waals surface area contributed by atoms with Gasteiger partial charge in [0.25, 0.3) is 11.8 Å². The van der Waals surface area contributed by atoms with Gasteiger partial charge in [0.1, 0.15) is 24.4 Å². The number of amides is 7. The van der Waals surface area contributed by atoms with E-state index in [1.807, 2.05) is 44.3 Å². The number of nitrogens with one attached hydrogen (secondary N) is 4. The van der Waals surface area contributed by atoms with Crippen molar-refractivity contribution in [2.75, 3.05) is 82.8 Å². The Morgan fingerprint density at radius 1 is 0.869 bits per heavy atom. The van der Waals surface area contributed by atoms with E-state index in [-0.39, 0.29) is 84.8 Å².